The Morgan fingerprint density at radius 2 is 1.40 bits per heavy atom. The molecule has 0 aliphatic rings. The lowest BCUT2D eigenvalue weighted by Crippen LogP contribution is -2.35. The number of ketones is 1. The van der Waals surface area contributed by atoms with Crippen molar-refractivity contribution in [1.82, 2.24) is 0 Å². The van der Waals surface area contributed by atoms with Crippen molar-refractivity contribution in [2.24, 2.45) is 0 Å². The number of unbranched alkanes of at least 4 members (excludes halogenated alkanes) is 7. The molecule has 142 valence electrons. The molecule has 4 nitrogen and oxygen atoms in total. The Morgan fingerprint density at radius 3 is 2.04 bits per heavy atom. The maximum Gasteiger partial charge on any atom is 0.186 e. The van der Waals surface area contributed by atoms with Crippen LogP contribution in [0.3, 0.4) is 0 Å². The van der Waals surface area contributed by atoms with Gasteiger partial charge < -0.3 is 15.3 Å². The number of allylic oxidation sites excluding steroid dienone is 7. The van der Waals surface area contributed by atoms with Gasteiger partial charge >= 0.3 is 0 Å². The van der Waals surface area contributed by atoms with Gasteiger partial charge in [-0.05, 0) is 18.9 Å². The lowest BCUT2D eigenvalue weighted by Gasteiger charge is -2.11. The van der Waals surface area contributed by atoms with E-state index in [1.807, 2.05) is 18.2 Å². The number of aliphatic hydroxyl groups is 3. The summed E-state index contributed by atoms with van der Waals surface area (Å²) in [6.45, 7) is 1.59. The number of carbonyl (C=O) groups excluding carboxylic acids is 1. The molecule has 25 heavy (non-hydrogen) atoms. The van der Waals surface area contributed by atoms with E-state index >= 15 is 0 Å². The van der Waals surface area contributed by atoms with E-state index in [2.05, 4.69) is 13.0 Å². The first-order valence-corrected chi connectivity index (χ1v) is 9.30. The van der Waals surface area contributed by atoms with E-state index in [4.69, 9.17) is 10.2 Å². The molecule has 0 heterocycles. The molecule has 0 aromatic rings. The van der Waals surface area contributed by atoms with Gasteiger partial charge in [-0.1, -0.05) is 88.0 Å². The quantitative estimate of drug-likeness (QED) is 0.239. The fourth-order valence-electron chi connectivity index (χ4n) is 2.19. The molecule has 0 radical (unpaired) electrons. The van der Waals surface area contributed by atoms with Crippen molar-refractivity contribution >= 4 is 5.78 Å². The highest BCUT2D eigenvalue weighted by Crippen LogP contribution is 2.08. The normalized spacial score (nSPS) is 15.0. The molecule has 0 aromatic carbocycles. The molecular formula is C21H34O4. The van der Waals surface area contributed by atoms with Crippen LogP contribution in [0.1, 0.15) is 58.3 Å². The van der Waals surface area contributed by atoms with Crippen LogP contribution in [0.25, 0.3) is 0 Å². The highest BCUT2D eigenvalue weighted by molar-refractivity contribution is 5.94. The number of aliphatic hydroxyl groups excluding tert-OH is 3. The summed E-state index contributed by atoms with van der Waals surface area (Å²) in [6.07, 6.45) is 21.4. The minimum atomic E-state index is -1.58. The van der Waals surface area contributed by atoms with Crippen LogP contribution in [0.2, 0.25) is 0 Å². The largest absolute Gasteiger partial charge is 0.394 e. The summed E-state index contributed by atoms with van der Waals surface area (Å²) in [5, 5.41) is 27.1. The Morgan fingerprint density at radius 1 is 0.840 bits per heavy atom. The predicted octanol–water partition coefficient (Wildman–Crippen LogP) is 3.64. The van der Waals surface area contributed by atoms with Crippen LogP contribution in [0.5, 0.6) is 0 Å². The fraction of sp³-hybridized carbons (Fsp3) is 0.571. The second-order valence-corrected chi connectivity index (χ2v) is 6.06. The van der Waals surface area contributed by atoms with Gasteiger partial charge in [0.25, 0.3) is 0 Å². The van der Waals surface area contributed by atoms with Crippen molar-refractivity contribution < 1.29 is 20.1 Å². The van der Waals surface area contributed by atoms with Gasteiger partial charge in [0, 0.05) is 0 Å². The third kappa shape index (κ3) is 14.6. The van der Waals surface area contributed by atoms with Crippen molar-refractivity contribution in [3.05, 3.63) is 48.6 Å². The lowest BCUT2D eigenvalue weighted by atomic mass is 10.1. The van der Waals surface area contributed by atoms with Gasteiger partial charge in [-0.2, -0.15) is 0 Å². The predicted molar refractivity (Wildman–Crippen MR) is 103 cm³/mol. The molecule has 0 bridgehead atoms. The molecular weight excluding hydrogens is 316 g/mol. The number of rotatable bonds is 15. The smallest absolute Gasteiger partial charge is 0.186 e. The summed E-state index contributed by atoms with van der Waals surface area (Å²) < 4.78 is 0. The topological polar surface area (TPSA) is 77.8 Å². The van der Waals surface area contributed by atoms with E-state index in [1.165, 1.54) is 57.1 Å². The van der Waals surface area contributed by atoms with Gasteiger partial charge in [-0.25, -0.2) is 0 Å². The van der Waals surface area contributed by atoms with Gasteiger partial charge in [-0.15, -0.1) is 0 Å². The first kappa shape index (κ1) is 23.5. The van der Waals surface area contributed by atoms with E-state index in [1.54, 1.807) is 12.2 Å². The first-order chi connectivity index (χ1) is 12.1. The summed E-state index contributed by atoms with van der Waals surface area (Å²) in [5.74, 6) is -0.634. The zero-order chi connectivity index (χ0) is 18.8. The van der Waals surface area contributed by atoms with Crippen molar-refractivity contribution in [1.29, 1.82) is 0 Å². The van der Waals surface area contributed by atoms with Gasteiger partial charge in [0.2, 0.25) is 0 Å². The van der Waals surface area contributed by atoms with Crippen molar-refractivity contribution in [2.45, 2.75) is 70.5 Å². The molecule has 2 atom stereocenters. The molecule has 3 N–H and O–H groups in total. The van der Waals surface area contributed by atoms with E-state index in [9.17, 15) is 9.90 Å². The third-order valence-corrected chi connectivity index (χ3v) is 3.77. The van der Waals surface area contributed by atoms with E-state index in [0.717, 1.165) is 6.42 Å². The summed E-state index contributed by atoms with van der Waals surface area (Å²) in [4.78, 5) is 11.4. The monoisotopic (exact) mass is 350 g/mol. The molecule has 0 amide bonds. The fourth-order valence-corrected chi connectivity index (χ4v) is 2.19. The number of hydrogen-bond acceptors (Lipinski definition) is 4. The van der Waals surface area contributed by atoms with Crippen LogP contribution in [0.4, 0.5) is 0 Å². The molecule has 0 rings (SSSR count). The van der Waals surface area contributed by atoms with Gasteiger partial charge in [0.1, 0.15) is 12.2 Å². The average Bonchev–Trinajstić information content (AvgIpc) is 2.63. The molecule has 0 aliphatic carbocycles. The maximum absolute atomic E-state index is 11.4. The highest BCUT2D eigenvalue weighted by atomic mass is 16.4. The minimum absolute atomic E-state index is 0.634. The van der Waals surface area contributed by atoms with Crippen LogP contribution in [-0.4, -0.2) is 39.9 Å². The van der Waals surface area contributed by atoms with Crippen LogP contribution in [0.15, 0.2) is 48.6 Å². The van der Waals surface area contributed by atoms with Crippen LogP contribution >= 0.6 is 0 Å². The zero-order valence-electron chi connectivity index (χ0n) is 15.4. The van der Waals surface area contributed by atoms with Gasteiger partial charge in [0.05, 0.1) is 6.61 Å². The molecule has 0 aliphatic heterocycles. The third-order valence-electron chi connectivity index (χ3n) is 3.77. The van der Waals surface area contributed by atoms with Gasteiger partial charge in [-0.3, -0.25) is 4.79 Å². The van der Waals surface area contributed by atoms with Crippen LogP contribution in [0, 0.1) is 0 Å². The molecule has 0 saturated heterocycles. The Balaban J connectivity index is 3.74. The van der Waals surface area contributed by atoms with Crippen molar-refractivity contribution in [3.63, 3.8) is 0 Å². The van der Waals surface area contributed by atoms with E-state index < -0.39 is 24.6 Å². The number of carbonyl (C=O) groups is 1. The van der Waals surface area contributed by atoms with Crippen molar-refractivity contribution in [2.75, 3.05) is 6.61 Å². The summed E-state index contributed by atoms with van der Waals surface area (Å²) in [5.41, 5.74) is 0. The molecule has 0 fully saturated rings. The summed E-state index contributed by atoms with van der Waals surface area (Å²) >= 11 is 0. The molecule has 0 aromatic heterocycles. The Hall–Kier alpha value is -1.49. The summed E-state index contributed by atoms with van der Waals surface area (Å²) in [7, 11) is 0. The Kier molecular flexibility index (Phi) is 16.3. The minimum Gasteiger partial charge on any atom is -0.394 e. The van der Waals surface area contributed by atoms with Crippen LogP contribution < -0.4 is 0 Å². The zero-order valence-corrected chi connectivity index (χ0v) is 15.4. The molecule has 0 saturated carbocycles. The molecule has 0 spiro atoms. The second kappa shape index (κ2) is 17.3. The molecule has 4 heteroatoms. The Bertz CT molecular complexity index is 435. The standard InChI is InChI=1S/C21H34O4/c1-2-3-4-5-6-7-8-9-10-11-12-13-14-15-16-17-19(23)21(25)20(24)18-22/h10-17,20-22,24-25H,2-9,18H2,1H3/b11-10+,13-12+,15-14+,17-16+. The Labute approximate surface area is 152 Å². The molecule has 2 unspecified atom stereocenters. The number of hydrogen-bond donors (Lipinski definition) is 3. The second-order valence-electron chi connectivity index (χ2n) is 6.06. The van der Waals surface area contributed by atoms with Gasteiger partial charge in [0.15, 0.2) is 5.78 Å². The maximum atomic E-state index is 11.4. The lowest BCUT2D eigenvalue weighted by molar-refractivity contribution is -0.129. The van der Waals surface area contributed by atoms with E-state index in [-0.39, 0.29) is 0 Å². The van der Waals surface area contributed by atoms with E-state index in [0.29, 0.717) is 0 Å². The SMILES string of the molecule is CCCCCCCCC/C=C/C=C/C=C/C=C/C(=O)C(O)C(O)CO. The van der Waals surface area contributed by atoms with Crippen molar-refractivity contribution in [3.8, 4) is 0 Å². The van der Waals surface area contributed by atoms with Crippen LogP contribution in [-0.2, 0) is 4.79 Å². The highest BCUT2D eigenvalue weighted by Gasteiger charge is 2.20. The first-order valence-electron chi connectivity index (χ1n) is 9.30. The summed E-state index contributed by atoms with van der Waals surface area (Å²) in [6, 6.07) is 0. The average molecular weight is 350 g/mol.